The molecular weight excluding hydrogens is 224 g/mol. The molecule has 2 unspecified atom stereocenters. The van der Waals surface area contributed by atoms with Gasteiger partial charge < -0.3 is 4.90 Å². The summed E-state index contributed by atoms with van der Waals surface area (Å²) in [6, 6.07) is 0.0486. The first-order chi connectivity index (χ1) is 8.65. The van der Waals surface area contributed by atoms with E-state index >= 15 is 0 Å². The number of unbranched alkanes of at least 4 members (excludes halogenated alkanes) is 1. The van der Waals surface area contributed by atoms with Crippen LogP contribution in [0.2, 0.25) is 0 Å². The van der Waals surface area contributed by atoms with Crippen LogP contribution in [0.5, 0.6) is 0 Å². The highest BCUT2D eigenvalue weighted by molar-refractivity contribution is 5.84. The van der Waals surface area contributed by atoms with Gasteiger partial charge in [-0.25, -0.2) is 0 Å². The second-order valence-electron chi connectivity index (χ2n) is 6.26. The van der Waals surface area contributed by atoms with Crippen LogP contribution in [0, 0.1) is 11.8 Å². The lowest BCUT2D eigenvalue weighted by molar-refractivity contribution is -0.131. The van der Waals surface area contributed by atoms with Gasteiger partial charge in [0.1, 0.15) is 0 Å². The van der Waals surface area contributed by atoms with E-state index in [1.807, 2.05) is 0 Å². The van der Waals surface area contributed by atoms with Crippen LogP contribution >= 0.6 is 0 Å². The van der Waals surface area contributed by atoms with Crippen molar-refractivity contribution in [3.8, 4) is 0 Å². The SMILES string of the molecule is CCCCN1C(=O)C(C(C)C)NC1C1CCCC1. The van der Waals surface area contributed by atoms with Crippen molar-refractivity contribution in [2.45, 2.75) is 71.5 Å². The van der Waals surface area contributed by atoms with E-state index in [-0.39, 0.29) is 6.04 Å². The largest absolute Gasteiger partial charge is 0.326 e. The molecule has 0 spiro atoms. The lowest BCUT2D eigenvalue weighted by Crippen LogP contribution is -2.43. The summed E-state index contributed by atoms with van der Waals surface area (Å²) in [5.74, 6) is 1.43. The van der Waals surface area contributed by atoms with Crippen molar-refractivity contribution in [3.05, 3.63) is 0 Å². The molecule has 1 aliphatic carbocycles. The lowest BCUT2D eigenvalue weighted by atomic mass is 10.0. The van der Waals surface area contributed by atoms with E-state index in [0.29, 0.717) is 23.9 Å². The molecule has 3 heteroatoms. The van der Waals surface area contributed by atoms with Crippen LogP contribution < -0.4 is 5.32 Å². The quantitative estimate of drug-likeness (QED) is 0.816. The normalized spacial score (nSPS) is 29.8. The lowest BCUT2D eigenvalue weighted by Gasteiger charge is -2.28. The van der Waals surface area contributed by atoms with E-state index in [1.54, 1.807) is 0 Å². The highest BCUT2D eigenvalue weighted by atomic mass is 16.2. The number of hydrogen-bond donors (Lipinski definition) is 1. The van der Waals surface area contributed by atoms with E-state index in [1.165, 1.54) is 25.7 Å². The molecule has 1 N–H and O–H groups in total. The smallest absolute Gasteiger partial charge is 0.241 e. The summed E-state index contributed by atoms with van der Waals surface area (Å²) in [6.07, 6.45) is 7.86. The van der Waals surface area contributed by atoms with Gasteiger partial charge in [-0.05, 0) is 31.1 Å². The molecule has 2 atom stereocenters. The highest BCUT2D eigenvalue weighted by Crippen LogP contribution is 2.33. The van der Waals surface area contributed by atoms with Crippen LogP contribution in [0.1, 0.15) is 59.3 Å². The van der Waals surface area contributed by atoms with Crippen LogP contribution in [0.3, 0.4) is 0 Å². The zero-order valence-corrected chi connectivity index (χ0v) is 12.1. The van der Waals surface area contributed by atoms with Gasteiger partial charge in [0.2, 0.25) is 5.91 Å². The van der Waals surface area contributed by atoms with Gasteiger partial charge in [-0.15, -0.1) is 0 Å². The molecule has 1 heterocycles. The van der Waals surface area contributed by atoms with Gasteiger partial charge in [0.05, 0.1) is 12.2 Å². The Labute approximate surface area is 111 Å². The zero-order chi connectivity index (χ0) is 13.1. The molecule has 0 aromatic carbocycles. The van der Waals surface area contributed by atoms with Crippen LogP contribution in [-0.4, -0.2) is 29.6 Å². The summed E-state index contributed by atoms with van der Waals surface area (Å²) >= 11 is 0. The van der Waals surface area contributed by atoms with Crippen molar-refractivity contribution < 1.29 is 4.79 Å². The second-order valence-corrected chi connectivity index (χ2v) is 6.26. The maximum atomic E-state index is 12.5. The molecule has 1 amide bonds. The molecule has 0 radical (unpaired) electrons. The Morgan fingerprint density at radius 1 is 1.33 bits per heavy atom. The first-order valence-electron chi connectivity index (χ1n) is 7.71. The molecular formula is C15H28N2O. The minimum Gasteiger partial charge on any atom is -0.326 e. The molecule has 1 saturated heterocycles. The first kappa shape index (κ1) is 13.9. The summed E-state index contributed by atoms with van der Waals surface area (Å²) in [4.78, 5) is 14.6. The number of nitrogens with one attached hydrogen (secondary N) is 1. The highest BCUT2D eigenvalue weighted by Gasteiger charge is 2.43. The Morgan fingerprint density at radius 2 is 2.00 bits per heavy atom. The minimum atomic E-state index is 0.0486. The van der Waals surface area contributed by atoms with E-state index in [4.69, 9.17) is 0 Å². The maximum absolute atomic E-state index is 12.5. The molecule has 1 saturated carbocycles. The topological polar surface area (TPSA) is 32.3 Å². The van der Waals surface area contributed by atoms with Crippen molar-refractivity contribution >= 4 is 5.91 Å². The van der Waals surface area contributed by atoms with Crippen LogP contribution in [0.15, 0.2) is 0 Å². The average Bonchev–Trinajstić information content (AvgIpc) is 2.94. The molecule has 0 aromatic rings. The van der Waals surface area contributed by atoms with Crippen LogP contribution in [0.25, 0.3) is 0 Å². The van der Waals surface area contributed by atoms with Crippen molar-refractivity contribution in [3.63, 3.8) is 0 Å². The van der Waals surface area contributed by atoms with Crippen molar-refractivity contribution in [2.24, 2.45) is 11.8 Å². The third-order valence-electron chi connectivity index (χ3n) is 4.50. The zero-order valence-electron chi connectivity index (χ0n) is 12.1. The standard InChI is InChI=1S/C15H28N2O/c1-4-5-10-17-14(12-8-6-7-9-12)16-13(11(2)3)15(17)18/h11-14,16H,4-10H2,1-3H3. The summed E-state index contributed by atoms with van der Waals surface area (Å²) in [5, 5.41) is 3.62. The van der Waals surface area contributed by atoms with Gasteiger partial charge >= 0.3 is 0 Å². The van der Waals surface area contributed by atoms with Crippen molar-refractivity contribution in [1.82, 2.24) is 10.2 Å². The summed E-state index contributed by atoms with van der Waals surface area (Å²) < 4.78 is 0. The second kappa shape index (κ2) is 6.05. The minimum absolute atomic E-state index is 0.0486. The average molecular weight is 252 g/mol. The van der Waals surface area contributed by atoms with E-state index < -0.39 is 0 Å². The number of carbonyl (C=O) groups excluding carboxylic acids is 1. The number of carbonyl (C=O) groups is 1. The van der Waals surface area contributed by atoms with Crippen LogP contribution in [0.4, 0.5) is 0 Å². The van der Waals surface area contributed by atoms with Gasteiger partial charge in [-0.3, -0.25) is 10.1 Å². The van der Waals surface area contributed by atoms with Crippen molar-refractivity contribution in [1.29, 1.82) is 0 Å². The molecule has 2 fully saturated rings. The number of amides is 1. The molecule has 2 aliphatic rings. The monoisotopic (exact) mass is 252 g/mol. The third-order valence-corrected chi connectivity index (χ3v) is 4.50. The maximum Gasteiger partial charge on any atom is 0.241 e. The van der Waals surface area contributed by atoms with Gasteiger partial charge in [0.25, 0.3) is 0 Å². The Balaban J connectivity index is 2.06. The van der Waals surface area contributed by atoms with Crippen molar-refractivity contribution in [2.75, 3.05) is 6.54 Å². The fraction of sp³-hybridized carbons (Fsp3) is 0.933. The molecule has 1 aliphatic heterocycles. The molecule has 3 nitrogen and oxygen atoms in total. The Bertz CT molecular complexity index is 284. The fourth-order valence-electron chi connectivity index (χ4n) is 3.38. The van der Waals surface area contributed by atoms with E-state index in [2.05, 4.69) is 31.0 Å². The summed E-state index contributed by atoms with van der Waals surface area (Å²) in [6.45, 7) is 7.42. The Kier molecular flexibility index (Phi) is 4.66. The molecule has 0 aromatic heterocycles. The van der Waals surface area contributed by atoms with E-state index in [9.17, 15) is 4.79 Å². The fourth-order valence-corrected chi connectivity index (χ4v) is 3.38. The van der Waals surface area contributed by atoms with Gasteiger partial charge in [0, 0.05) is 6.54 Å². The molecule has 0 bridgehead atoms. The Hall–Kier alpha value is -0.570. The number of nitrogens with zero attached hydrogens (tertiary/aromatic N) is 1. The van der Waals surface area contributed by atoms with Crippen LogP contribution in [-0.2, 0) is 4.79 Å². The Morgan fingerprint density at radius 3 is 2.56 bits per heavy atom. The van der Waals surface area contributed by atoms with Gasteiger partial charge in [0.15, 0.2) is 0 Å². The van der Waals surface area contributed by atoms with Gasteiger partial charge in [-0.1, -0.05) is 40.0 Å². The predicted molar refractivity (Wildman–Crippen MR) is 74.1 cm³/mol. The number of hydrogen-bond acceptors (Lipinski definition) is 2. The van der Waals surface area contributed by atoms with E-state index in [0.717, 1.165) is 19.4 Å². The summed E-state index contributed by atoms with van der Waals surface area (Å²) in [5.41, 5.74) is 0. The predicted octanol–water partition coefficient (Wildman–Crippen LogP) is 2.76. The third kappa shape index (κ3) is 2.71. The first-order valence-corrected chi connectivity index (χ1v) is 7.71. The van der Waals surface area contributed by atoms with Gasteiger partial charge in [-0.2, -0.15) is 0 Å². The summed E-state index contributed by atoms with van der Waals surface area (Å²) in [7, 11) is 0. The molecule has 104 valence electrons. The molecule has 18 heavy (non-hydrogen) atoms. The molecule has 2 rings (SSSR count). The number of rotatable bonds is 5.